The number of aryl methyl sites for hydroxylation is 2. The van der Waals surface area contributed by atoms with E-state index in [0.29, 0.717) is 12.0 Å². The first-order valence-corrected chi connectivity index (χ1v) is 7.46. The second-order valence-electron chi connectivity index (χ2n) is 6.15. The maximum absolute atomic E-state index is 4.83. The largest absolute Gasteiger partial charge is 0.370 e. The fraction of sp³-hybridized carbons (Fsp3) is 0.471. The highest BCUT2D eigenvalue weighted by atomic mass is 15.4. The van der Waals surface area contributed by atoms with E-state index in [0.717, 1.165) is 18.8 Å². The number of nitrogens with one attached hydrogen (secondary N) is 1. The van der Waals surface area contributed by atoms with E-state index in [1.807, 2.05) is 0 Å². The molecule has 0 aliphatic carbocycles. The molecule has 1 atom stereocenters. The fourth-order valence-electron chi connectivity index (χ4n) is 3.01. The van der Waals surface area contributed by atoms with Crippen LogP contribution >= 0.6 is 0 Å². The lowest BCUT2D eigenvalue weighted by atomic mass is 9.96. The molecular weight excluding hydrogens is 246 g/mol. The summed E-state index contributed by atoms with van der Waals surface area (Å²) in [5.74, 6) is 1.62. The molecule has 3 heteroatoms. The van der Waals surface area contributed by atoms with Gasteiger partial charge in [-0.15, -0.1) is 0 Å². The molecule has 0 amide bonds. The number of anilines is 1. The zero-order valence-corrected chi connectivity index (χ0v) is 12.8. The Morgan fingerprint density at radius 1 is 1.25 bits per heavy atom. The molecule has 0 spiro atoms. The first-order chi connectivity index (χ1) is 9.56. The molecule has 20 heavy (non-hydrogen) atoms. The monoisotopic (exact) mass is 269 g/mol. The predicted molar refractivity (Wildman–Crippen MR) is 83.5 cm³/mol. The zero-order valence-electron chi connectivity index (χ0n) is 12.8. The third kappa shape index (κ3) is 2.21. The summed E-state index contributed by atoms with van der Waals surface area (Å²) in [5.41, 5.74) is 5.26. The maximum atomic E-state index is 4.83. The Bertz CT molecular complexity index is 625. The minimum absolute atomic E-state index is 0.361. The van der Waals surface area contributed by atoms with Gasteiger partial charge in [-0.2, -0.15) is 5.10 Å². The Kier molecular flexibility index (Phi) is 3.28. The lowest BCUT2D eigenvalue weighted by Crippen LogP contribution is -2.24. The molecule has 1 aromatic heterocycles. The Morgan fingerprint density at radius 3 is 2.75 bits per heavy atom. The summed E-state index contributed by atoms with van der Waals surface area (Å²) in [5, 5.41) is 8.29. The van der Waals surface area contributed by atoms with Gasteiger partial charge in [0, 0.05) is 12.6 Å². The van der Waals surface area contributed by atoms with E-state index < -0.39 is 0 Å². The smallest absolute Gasteiger partial charge is 0.125 e. The number of hydrogen-bond acceptors (Lipinski definition) is 2. The molecule has 1 aliphatic rings. The summed E-state index contributed by atoms with van der Waals surface area (Å²) >= 11 is 0. The van der Waals surface area contributed by atoms with Crippen LogP contribution in [-0.4, -0.2) is 16.3 Å². The molecule has 1 aliphatic heterocycles. The average molecular weight is 269 g/mol. The lowest BCUT2D eigenvalue weighted by Gasteiger charge is -2.27. The van der Waals surface area contributed by atoms with Crippen LogP contribution in [0.5, 0.6) is 0 Å². The summed E-state index contributed by atoms with van der Waals surface area (Å²) in [4.78, 5) is 0. The van der Waals surface area contributed by atoms with Gasteiger partial charge < -0.3 is 5.32 Å². The SMILES string of the molecule is Cc1ccc(C2CCNc3cc(C(C)C)nn32)c(C)c1. The molecule has 1 N–H and O–H groups in total. The van der Waals surface area contributed by atoms with E-state index in [1.165, 1.54) is 22.4 Å². The van der Waals surface area contributed by atoms with Crippen LogP contribution in [0.4, 0.5) is 5.82 Å². The number of hydrogen-bond donors (Lipinski definition) is 1. The molecule has 2 aromatic rings. The molecule has 0 radical (unpaired) electrons. The van der Waals surface area contributed by atoms with Gasteiger partial charge in [-0.3, -0.25) is 0 Å². The van der Waals surface area contributed by atoms with Gasteiger partial charge in [-0.1, -0.05) is 37.6 Å². The zero-order chi connectivity index (χ0) is 14.3. The van der Waals surface area contributed by atoms with Crippen molar-refractivity contribution in [3.05, 3.63) is 46.6 Å². The molecular formula is C17H23N3. The van der Waals surface area contributed by atoms with Crippen molar-refractivity contribution in [1.29, 1.82) is 0 Å². The number of benzene rings is 1. The molecule has 0 saturated heterocycles. The highest BCUT2D eigenvalue weighted by Crippen LogP contribution is 2.33. The quantitative estimate of drug-likeness (QED) is 0.892. The van der Waals surface area contributed by atoms with Gasteiger partial charge in [0.05, 0.1) is 11.7 Å². The van der Waals surface area contributed by atoms with Crippen molar-refractivity contribution in [1.82, 2.24) is 9.78 Å². The van der Waals surface area contributed by atoms with Gasteiger partial charge in [0.2, 0.25) is 0 Å². The van der Waals surface area contributed by atoms with Crippen LogP contribution in [-0.2, 0) is 0 Å². The maximum Gasteiger partial charge on any atom is 0.125 e. The minimum atomic E-state index is 0.361. The summed E-state index contributed by atoms with van der Waals surface area (Å²) < 4.78 is 2.18. The van der Waals surface area contributed by atoms with Gasteiger partial charge >= 0.3 is 0 Å². The van der Waals surface area contributed by atoms with Crippen LogP contribution in [0.1, 0.15) is 54.6 Å². The number of aromatic nitrogens is 2. The first kappa shape index (κ1) is 13.2. The van der Waals surface area contributed by atoms with Crippen LogP contribution in [0, 0.1) is 13.8 Å². The summed E-state index contributed by atoms with van der Waals surface area (Å²) in [6.07, 6.45) is 1.09. The standard InChI is InChI=1S/C17H23N3/c1-11(2)15-10-17-18-8-7-16(20(17)19-15)14-6-5-12(3)9-13(14)4/h5-6,9-11,16,18H,7-8H2,1-4H3. The molecule has 3 rings (SSSR count). The summed E-state index contributed by atoms with van der Waals surface area (Å²) in [6, 6.07) is 9.29. The molecule has 1 unspecified atom stereocenters. The van der Waals surface area contributed by atoms with Gasteiger partial charge in [0.15, 0.2) is 0 Å². The van der Waals surface area contributed by atoms with Gasteiger partial charge in [-0.25, -0.2) is 4.68 Å². The van der Waals surface area contributed by atoms with Gasteiger partial charge in [0.25, 0.3) is 0 Å². The van der Waals surface area contributed by atoms with Crippen molar-refractivity contribution in [2.75, 3.05) is 11.9 Å². The highest BCUT2D eigenvalue weighted by molar-refractivity contribution is 5.43. The van der Waals surface area contributed by atoms with Gasteiger partial charge in [-0.05, 0) is 37.3 Å². The van der Waals surface area contributed by atoms with E-state index in [-0.39, 0.29) is 0 Å². The van der Waals surface area contributed by atoms with Crippen LogP contribution < -0.4 is 5.32 Å². The van der Waals surface area contributed by atoms with Crippen LogP contribution in [0.2, 0.25) is 0 Å². The Hall–Kier alpha value is -1.77. The van der Waals surface area contributed by atoms with Gasteiger partial charge in [0.1, 0.15) is 5.82 Å². The fourth-order valence-corrected chi connectivity index (χ4v) is 3.01. The van der Waals surface area contributed by atoms with E-state index >= 15 is 0 Å². The molecule has 0 bridgehead atoms. The van der Waals surface area contributed by atoms with Crippen LogP contribution in [0.3, 0.4) is 0 Å². The van der Waals surface area contributed by atoms with E-state index in [2.05, 4.69) is 62.0 Å². The average Bonchev–Trinajstić information content (AvgIpc) is 2.83. The predicted octanol–water partition coefficient (Wildman–Crippen LogP) is 4.03. The second kappa shape index (κ2) is 4.97. The van der Waals surface area contributed by atoms with Crippen molar-refractivity contribution in [2.45, 2.75) is 46.1 Å². The molecule has 0 saturated carbocycles. The second-order valence-corrected chi connectivity index (χ2v) is 6.15. The number of nitrogens with zero attached hydrogens (tertiary/aromatic N) is 2. The van der Waals surface area contributed by atoms with Crippen molar-refractivity contribution in [2.24, 2.45) is 0 Å². The van der Waals surface area contributed by atoms with E-state index in [9.17, 15) is 0 Å². The molecule has 2 heterocycles. The Labute approximate surface area is 121 Å². The topological polar surface area (TPSA) is 29.9 Å². The molecule has 1 aromatic carbocycles. The summed E-state index contributed by atoms with van der Waals surface area (Å²) in [6.45, 7) is 9.76. The third-order valence-electron chi connectivity index (χ3n) is 4.15. The van der Waals surface area contributed by atoms with Crippen molar-refractivity contribution < 1.29 is 0 Å². The Balaban J connectivity index is 2.05. The Morgan fingerprint density at radius 2 is 2.05 bits per heavy atom. The molecule has 3 nitrogen and oxygen atoms in total. The van der Waals surface area contributed by atoms with Crippen LogP contribution in [0.25, 0.3) is 0 Å². The lowest BCUT2D eigenvalue weighted by molar-refractivity contribution is 0.474. The first-order valence-electron chi connectivity index (χ1n) is 7.46. The van der Waals surface area contributed by atoms with Crippen LogP contribution in [0.15, 0.2) is 24.3 Å². The molecule has 106 valence electrons. The third-order valence-corrected chi connectivity index (χ3v) is 4.15. The molecule has 0 fully saturated rings. The van der Waals surface area contributed by atoms with Crippen molar-refractivity contribution in [3.63, 3.8) is 0 Å². The number of fused-ring (bicyclic) bond motifs is 1. The minimum Gasteiger partial charge on any atom is -0.370 e. The van der Waals surface area contributed by atoms with E-state index in [1.54, 1.807) is 0 Å². The summed E-state index contributed by atoms with van der Waals surface area (Å²) in [7, 11) is 0. The van der Waals surface area contributed by atoms with Crippen molar-refractivity contribution in [3.8, 4) is 0 Å². The number of rotatable bonds is 2. The normalized spacial score (nSPS) is 17.9. The van der Waals surface area contributed by atoms with Crippen molar-refractivity contribution >= 4 is 5.82 Å². The highest BCUT2D eigenvalue weighted by Gasteiger charge is 2.24. The van der Waals surface area contributed by atoms with E-state index in [4.69, 9.17) is 5.10 Å².